The summed E-state index contributed by atoms with van der Waals surface area (Å²) in [5.41, 5.74) is 0.798. The number of carbonyl (C=O) groups is 1. The summed E-state index contributed by atoms with van der Waals surface area (Å²) < 4.78 is 27.5. The van der Waals surface area contributed by atoms with Gasteiger partial charge in [0.05, 0.1) is 4.90 Å². The van der Waals surface area contributed by atoms with E-state index in [1.165, 1.54) is 12.1 Å². The molecule has 0 aliphatic carbocycles. The summed E-state index contributed by atoms with van der Waals surface area (Å²) in [5.74, 6) is -0.129. The van der Waals surface area contributed by atoms with E-state index >= 15 is 0 Å². The number of sulfonamides is 1. The molecule has 0 saturated carbocycles. The predicted octanol–water partition coefficient (Wildman–Crippen LogP) is 3.38. The lowest BCUT2D eigenvalue weighted by Crippen LogP contribution is -2.27. The number of nitrogens with one attached hydrogen (secondary N) is 1. The van der Waals surface area contributed by atoms with Crippen molar-refractivity contribution in [3.63, 3.8) is 0 Å². The maximum Gasteiger partial charge on any atom is 0.261 e. The first-order valence-corrected chi connectivity index (χ1v) is 9.49. The molecule has 24 heavy (non-hydrogen) atoms. The predicted molar refractivity (Wildman–Crippen MR) is 93.8 cm³/mol. The molecule has 0 radical (unpaired) electrons. The Kier molecular flexibility index (Phi) is 4.78. The minimum Gasteiger partial charge on any atom is -0.339 e. The van der Waals surface area contributed by atoms with Crippen LogP contribution in [0.1, 0.15) is 23.2 Å². The maximum absolute atomic E-state index is 12.5. The van der Waals surface area contributed by atoms with Crippen molar-refractivity contribution < 1.29 is 13.2 Å². The Morgan fingerprint density at radius 1 is 1.04 bits per heavy atom. The Balaban J connectivity index is 1.84. The Morgan fingerprint density at radius 3 is 2.38 bits per heavy atom. The topological polar surface area (TPSA) is 66.5 Å². The van der Waals surface area contributed by atoms with Crippen molar-refractivity contribution in [1.82, 2.24) is 4.90 Å². The van der Waals surface area contributed by atoms with Crippen LogP contribution in [-0.2, 0) is 10.0 Å². The number of nitrogens with zero attached hydrogens (tertiary/aromatic N) is 1. The second-order valence-electron chi connectivity index (χ2n) is 5.64. The molecule has 1 aliphatic heterocycles. The lowest BCUT2D eigenvalue weighted by Gasteiger charge is -2.16. The molecule has 5 nitrogen and oxygen atoms in total. The Bertz CT molecular complexity index is 844. The van der Waals surface area contributed by atoms with Crippen LogP contribution in [0.5, 0.6) is 0 Å². The zero-order valence-corrected chi connectivity index (χ0v) is 14.5. The molecule has 0 bridgehead atoms. The van der Waals surface area contributed by atoms with Crippen molar-refractivity contribution in [2.45, 2.75) is 17.7 Å². The van der Waals surface area contributed by atoms with Crippen molar-refractivity contribution in [2.75, 3.05) is 17.8 Å². The van der Waals surface area contributed by atoms with Crippen LogP contribution in [0.2, 0.25) is 5.02 Å². The van der Waals surface area contributed by atoms with Gasteiger partial charge in [0.2, 0.25) is 0 Å². The van der Waals surface area contributed by atoms with Crippen molar-refractivity contribution in [2.24, 2.45) is 0 Å². The van der Waals surface area contributed by atoms with E-state index in [4.69, 9.17) is 11.6 Å². The number of anilines is 1. The lowest BCUT2D eigenvalue weighted by atomic mass is 10.2. The van der Waals surface area contributed by atoms with Crippen LogP contribution in [-0.4, -0.2) is 32.3 Å². The molecule has 0 unspecified atom stereocenters. The second-order valence-corrected chi connectivity index (χ2v) is 7.76. The fraction of sp³-hybridized carbons (Fsp3) is 0.235. The molecule has 3 rings (SSSR count). The quantitative estimate of drug-likeness (QED) is 0.904. The van der Waals surface area contributed by atoms with Gasteiger partial charge in [-0.05, 0) is 55.3 Å². The third-order valence-corrected chi connectivity index (χ3v) is 5.51. The van der Waals surface area contributed by atoms with Crippen LogP contribution in [0.4, 0.5) is 5.69 Å². The number of hydrogen-bond donors (Lipinski definition) is 1. The summed E-state index contributed by atoms with van der Waals surface area (Å²) in [7, 11) is -3.77. The van der Waals surface area contributed by atoms with Gasteiger partial charge >= 0.3 is 0 Å². The Morgan fingerprint density at radius 2 is 1.71 bits per heavy atom. The number of amides is 1. The van der Waals surface area contributed by atoms with Gasteiger partial charge in [0.1, 0.15) is 0 Å². The van der Waals surface area contributed by atoms with Crippen LogP contribution in [0.25, 0.3) is 0 Å². The second kappa shape index (κ2) is 6.83. The van der Waals surface area contributed by atoms with Crippen LogP contribution in [0, 0.1) is 0 Å². The average Bonchev–Trinajstić information content (AvgIpc) is 3.11. The number of carbonyl (C=O) groups excluding carboxylic acids is 1. The van der Waals surface area contributed by atoms with E-state index in [1.807, 2.05) is 0 Å². The molecule has 0 spiro atoms. The van der Waals surface area contributed by atoms with Gasteiger partial charge in [-0.3, -0.25) is 9.52 Å². The highest BCUT2D eigenvalue weighted by Crippen LogP contribution is 2.20. The summed E-state index contributed by atoms with van der Waals surface area (Å²) in [4.78, 5) is 14.2. The number of benzene rings is 2. The minimum atomic E-state index is -3.77. The van der Waals surface area contributed by atoms with Crippen molar-refractivity contribution >= 4 is 33.2 Å². The fourth-order valence-corrected chi connectivity index (χ4v) is 3.86. The minimum absolute atomic E-state index is 0.0579. The normalized spacial score (nSPS) is 14.6. The monoisotopic (exact) mass is 364 g/mol. The van der Waals surface area contributed by atoms with Crippen LogP contribution in [0.15, 0.2) is 53.4 Å². The molecule has 1 saturated heterocycles. The van der Waals surface area contributed by atoms with E-state index in [0.29, 0.717) is 16.3 Å². The van der Waals surface area contributed by atoms with E-state index in [1.54, 1.807) is 41.3 Å². The highest BCUT2D eigenvalue weighted by Gasteiger charge is 2.21. The summed E-state index contributed by atoms with van der Waals surface area (Å²) in [6, 6.07) is 12.5. The molecule has 1 fully saturated rings. The summed E-state index contributed by atoms with van der Waals surface area (Å²) in [6.45, 7) is 1.44. The molecule has 7 heteroatoms. The number of halogens is 1. The molecule has 2 aromatic carbocycles. The highest BCUT2D eigenvalue weighted by molar-refractivity contribution is 7.92. The summed E-state index contributed by atoms with van der Waals surface area (Å²) >= 11 is 5.80. The molecule has 126 valence electrons. The maximum atomic E-state index is 12.5. The first kappa shape index (κ1) is 16.8. The van der Waals surface area contributed by atoms with Crippen molar-refractivity contribution in [3.8, 4) is 0 Å². The number of rotatable bonds is 4. The van der Waals surface area contributed by atoms with Crippen LogP contribution >= 0.6 is 11.6 Å². The first-order chi connectivity index (χ1) is 11.5. The van der Waals surface area contributed by atoms with Gasteiger partial charge in [-0.2, -0.15) is 0 Å². The molecule has 1 heterocycles. The largest absolute Gasteiger partial charge is 0.339 e. The molecule has 1 amide bonds. The molecular formula is C17H17ClN2O3S. The van der Waals surface area contributed by atoms with Gasteiger partial charge in [-0.25, -0.2) is 8.42 Å². The van der Waals surface area contributed by atoms with E-state index in [0.717, 1.165) is 25.9 Å². The van der Waals surface area contributed by atoms with Gasteiger partial charge in [0, 0.05) is 29.4 Å². The number of likely N-dealkylation sites (tertiary alicyclic amines) is 1. The number of hydrogen-bond acceptors (Lipinski definition) is 3. The van der Waals surface area contributed by atoms with E-state index in [-0.39, 0.29) is 10.8 Å². The Hall–Kier alpha value is -2.05. The average molecular weight is 365 g/mol. The summed E-state index contributed by atoms with van der Waals surface area (Å²) in [6.07, 6.45) is 1.98. The van der Waals surface area contributed by atoms with Crippen LogP contribution < -0.4 is 4.72 Å². The third-order valence-electron chi connectivity index (χ3n) is 3.88. The molecule has 2 aromatic rings. The van der Waals surface area contributed by atoms with Crippen molar-refractivity contribution in [1.29, 1.82) is 0 Å². The Labute approximate surface area is 146 Å². The van der Waals surface area contributed by atoms with Gasteiger partial charge in [-0.15, -0.1) is 0 Å². The van der Waals surface area contributed by atoms with Gasteiger partial charge in [0.25, 0.3) is 15.9 Å². The molecular weight excluding hydrogens is 348 g/mol. The zero-order valence-electron chi connectivity index (χ0n) is 12.9. The van der Waals surface area contributed by atoms with E-state index < -0.39 is 10.0 Å². The summed E-state index contributed by atoms with van der Waals surface area (Å²) in [5, 5.41) is 0.524. The van der Waals surface area contributed by atoms with Gasteiger partial charge in [0.15, 0.2) is 0 Å². The molecule has 1 aliphatic rings. The molecule has 0 aromatic heterocycles. The van der Waals surface area contributed by atoms with Crippen molar-refractivity contribution in [3.05, 3.63) is 59.1 Å². The SMILES string of the molecule is O=C(c1cccc(S(=O)(=O)Nc2ccc(Cl)cc2)c1)N1CCCC1. The zero-order chi connectivity index (χ0) is 17.2. The van der Waals surface area contributed by atoms with E-state index in [9.17, 15) is 13.2 Å². The fourth-order valence-electron chi connectivity index (χ4n) is 2.63. The smallest absolute Gasteiger partial charge is 0.261 e. The first-order valence-electron chi connectivity index (χ1n) is 7.63. The highest BCUT2D eigenvalue weighted by atomic mass is 35.5. The third kappa shape index (κ3) is 3.71. The van der Waals surface area contributed by atoms with Gasteiger partial charge in [-0.1, -0.05) is 17.7 Å². The standard InChI is InChI=1S/C17H17ClN2O3S/c18-14-6-8-15(9-7-14)19-24(22,23)16-5-3-4-13(12-16)17(21)20-10-1-2-11-20/h3-9,12,19H,1-2,10-11H2. The van der Waals surface area contributed by atoms with E-state index in [2.05, 4.69) is 4.72 Å². The van der Waals surface area contributed by atoms with Gasteiger partial charge < -0.3 is 4.90 Å². The van der Waals surface area contributed by atoms with Crippen LogP contribution in [0.3, 0.4) is 0 Å². The molecule has 0 atom stereocenters. The lowest BCUT2D eigenvalue weighted by molar-refractivity contribution is 0.0792. The molecule has 1 N–H and O–H groups in total.